The van der Waals surface area contributed by atoms with Crippen molar-refractivity contribution in [1.82, 2.24) is 19.6 Å². The molecule has 178 valence electrons. The van der Waals surface area contributed by atoms with Gasteiger partial charge in [0.2, 0.25) is 5.91 Å². The lowest BCUT2D eigenvalue weighted by Crippen LogP contribution is -2.49. The normalized spacial score (nSPS) is 15.1. The molecule has 0 bridgehead atoms. The first-order valence-electron chi connectivity index (χ1n) is 11.8. The molecule has 0 N–H and O–H groups in total. The van der Waals surface area contributed by atoms with E-state index in [9.17, 15) is 9.59 Å². The van der Waals surface area contributed by atoms with E-state index in [1.165, 1.54) is 5.56 Å². The third-order valence-corrected chi connectivity index (χ3v) is 6.74. The molecule has 1 atom stereocenters. The highest BCUT2D eigenvalue weighted by molar-refractivity contribution is 5.97. The van der Waals surface area contributed by atoms with Gasteiger partial charge in [0, 0.05) is 38.6 Å². The van der Waals surface area contributed by atoms with E-state index in [-0.39, 0.29) is 24.4 Å². The van der Waals surface area contributed by atoms with E-state index in [2.05, 4.69) is 17.2 Å². The molecule has 0 unspecified atom stereocenters. The maximum atomic E-state index is 13.1. The molecule has 0 saturated carbocycles. The molecule has 3 aromatic rings. The van der Waals surface area contributed by atoms with Crippen molar-refractivity contribution >= 4 is 11.8 Å². The summed E-state index contributed by atoms with van der Waals surface area (Å²) in [5, 5.41) is 4.18. The van der Waals surface area contributed by atoms with Crippen LogP contribution in [0.15, 0.2) is 73.1 Å². The summed E-state index contributed by atoms with van der Waals surface area (Å²) >= 11 is 0. The zero-order valence-corrected chi connectivity index (χ0v) is 19.8. The molecule has 2 heterocycles. The molecular formula is C27H32N4O3. The van der Waals surface area contributed by atoms with Gasteiger partial charge in [0.25, 0.3) is 5.91 Å². The number of nitrogens with zero attached hydrogens (tertiary/aromatic N) is 4. The Kier molecular flexibility index (Phi) is 7.62. The van der Waals surface area contributed by atoms with E-state index in [4.69, 9.17) is 4.74 Å². The minimum absolute atomic E-state index is 0.00128. The Morgan fingerprint density at radius 3 is 2.44 bits per heavy atom. The van der Waals surface area contributed by atoms with Crippen LogP contribution in [0.2, 0.25) is 0 Å². The van der Waals surface area contributed by atoms with E-state index in [1.807, 2.05) is 65.4 Å². The largest absolute Gasteiger partial charge is 0.496 e. The molecule has 1 saturated heterocycles. The van der Waals surface area contributed by atoms with Gasteiger partial charge in [-0.2, -0.15) is 5.10 Å². The van der Waals surface area contributed by atoms with Crippen LogP contribution in [0.5, 0.6) is 5.75 Å². The quantitative estimate of drug-likeness (QED) is 0.516. The van der Waals surface area contributed by atoms with Crippen LogP contribution in [-0.2, 0) is 17.8 Å². The molecule has 7 heteroatoms. The monoisotopic (exact) mass is 460 g/mol. The van der Waals surface area contributed by atoms with Gasteiger partial charge in [-0.05, 0) is 48.9 Å². The number of piperidine rings is 1. The average molecular weight is 461 g/mol. The molecule has 4 rings (SSSR count). The molecule has 1 aliphatic heterocycles. The second-order valence-electron chi connectivity index (χ2n) is 8.80. The lowest BCUT2D eigenvalue weighted by Gasteiger charge is -2.40. The fourth-order valence-corrected chi connectivity index (χ4v) is 4.78. The number of carbonyl (C=O) groups excluding carboxylic acids is 2. The van der Waals surface area contributed by atoms with Crippen molar-refractivity contribution in [2.75, 3.05) is 27.2 Å². The van der Waals surface area contributed by atoms with Crippen molar-refractivity contribution in [3.63, 3.8) is 0 Å². The van der Waals surface area contributed by atoms with Gasteiger partial charge in [0.1, 0.15) is 12.3 Å². The lowest BCUT2D eigenvalue weighted by atomic mass is 9.84. The maximum absolute atomic E-state index is 13.1. The van der Waals surface area contributed by atoms with Gasteiger partial charge in [0.05, 0.1) is 12.7 Å². The second kappa shape index (κ2) is 11.0. The van der Waals surface area contributed by atoms with Gasteiger partial charge >= 0.3 is 0 Å². The van der Waals surface area contributed by atoms with Gasteiger partial charge < -0.3 is 14.5 Å². The Morgan fingerprint density at radius 1 is 1.06 bits per heavy atom. The number of ether oxygens (including phenoxy) is 1. The van der Waals surface area contributed by atoms with Crippen molar-refractivity contribution in [2.24, 2.45) is 5.92 Å². The third kappa shape index (κ3) is 5.47. The number of amides is 2. The Labute approximate surface area is 200 Å². The zero-order valence-electron chi connectivity index (χ0n) is 19.8. The van der Waals surface area contributed by atoms with Crippen LogP contribution >= 0.6 is 0 Å². The summed E-state index contributed by atoms with van der Waals surface area (Å²) in [6.45, 7) is 1.54. The van der Waals surface area contributed by atoms with Crippen LogP contribution in [-0.4, -0.2) is 64.7 Å². The fraction of sp³-hybridized carbons (Fsp3) is 0.370. The minimum Gasteiger partial charge on any atom is -0.496 e. The van der Waals surface area contributed by atoms with Crippen LogP contribution in [0.1, 0.15) is 28.8 Å². The zero-order chi connectivity index (χ0) is 23.9. The fourth-order valence-electron chi connectivity index (χ4n) is 4.78. The summed E-state index contributed by atoms with van der Waals surface area (Å²) in [4.78, 5) is 30.0. The molecule has 1 fully saturated rings. The van der Waals surface area contributed by atoms with Crippen molar-refractivity contribution in [3.05, 3.63) is 84.2 Å². The first-order valence-corrected chi connectivity index (χ1v) is 11.8. The molecule has 0 aliphatic carbocycles. The summed E-state index contributed by atoms with van der Waals surface area (Å²) in [7, 11) is 3.48. The standard InChI is InChI=1S/C27H32N4O3/c1-29(26(32)20-31-16-8-15-28-31)24(19-21-9-4-3-5-10-21)22-13-17-30(18-14-22)27(33)23-11-6-7-12-25(23)34-2/h3-12,15-16,22,24H,13-14,17-20H2,1-2H3/t24-/m0/s1. The van der Waals surface area contributed by atoms with Crippen LogP contribution in [0, 0.1) is 5.92 Å². The van der Waals surface area contributed by atoms with Crippen molar-refractivity contribution in [3.8, 4) is 5.75 Å². The Balaban J connectivity index is 1.46. The van der Waals surface area contributed by atoms with Gasteiger partial charge in [-0.1, -0.05) is 42.5 Å². The summed E-state index contributed by atoms with van der Waals surface area (Å²) in [5.74, 6) is 0.935. The van der Waals surface area contributed by atoms with Crippen molar-refractivity contribution in [1.29, 1.82) is 0 Å². The predicted octanol–water partition coefficient (Wildman–Crippen LogP) is 3.51. The molecule has 2 amide bonds. The Bertz CT molecular complexity index is 1080. The van der Waals surface area contributed by atoms with Gasteiger partial charge in [-0.15, -0.1) is 0 Å². The highest BCUT2D eigenvalue weighted by Crippen LogP contribution is 2.29. The van der Waals surface area contributed by atoms with E-state index in [0.717, 1.165) is 19.3 Å². The SMILES string of the molecule is COc1ccccc1C(=O)N1CCC([C@H](Cc2ccccc2)N(C)C(=O)Cn2cccn2)CC1. The first-order chi connectivity index (χ1) is 16.6. The third-order valence-electron chi connectivity index (χ3n) is 6.74. The number of aromatic nitrogens is 2. The number of likely N-dealkylation sites (tertiary alicyclic amines) is 1. The number of likely N-dealkylation sites (N-methyl/N-ethyl adjacent to an activating group) is 1. The van der Waals surface area contributed by atoms with Crippen LogP contribution in [0.4, 0.5) is 0 Å². The Hall–Kier alpha value is -3.61. The van der Waals surface area contributed by atoms with Crippen LogP contribution in [0.25, 0.3) is 0 Å². The number of hydrogen-bond acceptors (Lipinski definition) is 4. The average Bonchev–Trinajstić information content (AvgIpc) is 3.40. The highest BCUT2D eigenvalue weighted by atomic mass is 16.5. The van der Waals surface area contributed by atoms with Gasteiger partial charge in [-0.3, -0.25) is 14.3 Å². The predicted molar refractivity (Wildman–Crippen MR) is 131 cm³/mol. The smallest absolute Gasteiger partial charge is 0.257 e. The molecule has 34 heavy (non-hydrogen) atoms. The topological polar surface area (TPSA) is 67.7 Å². The summed E-state index contributed by atoms with van der Waals surface area (Å²) < 4.78 is 7.04. The number of rotatable bonds is 8. The molecule has 7 nitrogen and oxygen atoms in total. The molecule has 1 aliphatic rings. The van der Waals surface area contributed by atoms with E-state index < -0.39 is 0 Å². The maximum Gasteiger partial charge on any atom is 0.257 e. The molecule has 0 radical (unpaired) electrons. The molecule has 2 aromatic carbocycles. The molecule has 0 spiro atoms. The minimum atomic E-state index is -0.00128. The molecule has 1 aromatic heterocycles. The molecular weight excluding hydrogens is 428 g/mol. The highest BCUT2D eigenvalue weighted by Gasteiger charge is 2.33. The number of carbonyl (C=O) groups is 2. The first kappa shape index (κ1) is 23.5. The Morgan fingerprint density at radius 2 is 1.76 bits per heavy atom. The van der Waals surface area contributed by atoms with Crippen molar-refractivity contribution in [2.45, 2.75) is 31.8 Å². The summed E-state index contributed by atoms with van der Waals surface area (Å²) in [6, 6.07) is 19.5. The van der Waals surface area contributed by atoms with E-state index in [0.29, 0.717) is 30.3 Å². The van der Waals surface area contributed by atoms with Crippen LogP contribution < -0.4 is 4.74 Å². The van der Waals surface area contributed by atoms with E-state index >= 15 is 0 Å². The number of hydrogen-bond donors (Lipinski definition) is 0. The summed E-state index contributed by atoms with van der Waals surface area (Å²) in [5.41, 5.74) is 1.80. The van der Waals surface area contributed by atoms with Crippen molar-refractivity contribution < 1.29 is 14.3 Å². The number of benzene rings is 2. The number of para-hydroxylation sites is 1. The van der Waals surface area contributed by atoms with Crippen LogP contribution in [0.3, 0.4) is 0 Å². The van der Waals surface area contributed by atoms with E-state index in [1.54, 1.807) is 24.2 Å². The number of methoxy groups -OCH3 is 1. The van der Waals surface area contributed by atoms with Gasteiger partial charge in [-0.25, -0.2) is 0 Å². The van der Waals surface area contributed by atoms with Gasteiger partial charge in [0.15, 0.2) is 0 Å². The lowest BCUT2D eigenvalue weighted by molar-refractivity contribution is -0.134. The second-order valence-corrected chi connectivity index (χ2v) is 8.80. The summed E-state index contributed by atoms with van der Waals surface area (Å²) in [6.07, 6.45) is 5.96.